The number of nitrogens with one attached hydrogen (secondary N) is 2. The van der Waals surface area contributed by atoms with E-state index in [0.29, 0.717) is 11.2 Å². The smallest absolute Gasteiger partial charge is 0.170 e. The van der Waals surface area contributed by atoms with Crippen LogP contribution in [0.5, 0.6) is 0 Å². The molecule has 0 bridgehead atoms. The molecule has 0 aliphatic heterocycles. The van der Waals surface area contributed by atoms with E-state index >= 15 is 0 Å². The predicted molar refractivity (Wildman–Crippen MR) is 113 cm³/mol. The standard InChI is InChI=1S/C20H28N4S/c1-16(2)24(18-8-6-5-7-9-18)19-12-10-17(11-13-19)22-20(25)21-14-15-23(3)4/h5-13,16H,14-15H2,1-4H3,(H2,21,22,25). The summed E-state index contributed by atoms with van der Waals surface area (Å²) < 4.78 is 0. The van der Waals surface area contributed by atoms with Gasteiger partial charge in [0.05, 0.1) is 0 Å². The maximum absolute atomic E-state index is 5.34. The molecule has 2 N–H and O–H groups in total. The summed E-state index contributed by atoms with van der Waals surface area (Å²) in [6, 6.07) is 19.2. The average molecular weight is 357 g/mol. The van der Waals surface area contributed by atoms with E-state index in [-0.39, 0.29) is 0 Å². The van der Waals surface area contributed by atoms with E-state index < -0.39 is 0 Å². The predicted octanol–water partition coefficient (Wildman–Crippen LogP) is 4.08. The van der Waals surface area contributed by atoms with Gasteiger partial charge in [0.1, 0.15) is 0 Å². The van der Waals surface area contributed by atoms with Gasteiger partial charge in [-0.1, -0.05) is 18.2 Å². The molecule has 0 saturated carbocycles. The largest absolute Gasteiger partial charge is 0.361 e. The summed E-state index contributed by atoms with van der Waals surface area (Å²) in [5, 5.41) is 7.10. The molecule has 2 aromatic rings. The van der Waals surface area contributed by atoms with Crippen LogP contribution < -0.4 is 15.5 Å². The maximum Gasteiger partial charge on any atom is 0.170 e. The van der Waals surface area contributed by atoms with Gasteiger partial charge in [0, 0.05) is 36.2 Å². The van der Waals surface area contributed by atoms with Gasteiger partial charge in [0.25, 0.3) is 0 Å². The summed E-state index contributed by atoms with van der Waals surface area (Å²) in [6.07, 6.45) is 0. The topological polar surface area (TPSA) is 30.5 Å². The molecule has 0 saturated heterocycles. The Hall–Kier alpha value is -2.11. The van der Waals surface area contributed by atoms with E-state index in [1.165, 1.54) is 11.4 Å². The van der Waals surface area contributed by atoms with Crippen LogP contribution in [-0.2, 0) is 0 Å². The highest BCUT2D eigenvalue weighted by Gasteiger charge is 2.12. The number of thiocarbonyl (C=S) groups is 1. The first-order valence-electron chi connectivity index (χ1n) is 8.61. The lowest BCUT2D eigenvalue weighted by Gasteiger charge is -2.29. The van der Waals surface area contributed by atoms with Crippen molar-refractivity contribution in [1.82, 2.24) is 10.2 Å². The van der Waals surface area contributed by atoms with Crippen molar-refractivity contribution in [2.75, 3.05) is 37.4 Å². The molecule has 0 unspecified atom stereocenters. The zero-order chi connectivity index (χ0) is 18.2. The number of para-hydroxylation sites is 1. The number of rotatable bonds is 7. The van der Waals surface area contributed by atoms with E-state index in [1.807, 2.05) is 20.2 Å². The fraction of sp³-hybridized carbons (Fsp3) is 0.350. The fourth-order valence-electron chi connectivity index (χ4n) is 2.61. The van der Waals surface area contributed by atoms with Crippen LogP contribution in [0.2, 0.25) is 0 Å². The molecule has 0 atom stereocenters. The molecule has 134 valence electrons. The zero-order valence-corrected chi connectivity index (χ0v) is 16.3. The molecule has 2 rings (SSSR count). The van der Waals surface area contributed by atoms with E-state index in [4.69, 9.17) is 12.2 Å². The monoisotopic (exact) mass is 356 g/mol. The molecule has 25 heavy (non-hydrogen) atoms. The van der Waals surface area contributed by atoms with Crippen molar-refractivity contribution in [2.45, 2.75) is 19.9 Å². The van der Waals surface area contributed by atoms with Crippen molar-refractivity contribution in [3.8, 4) is 0 Å². The van der Waals surface area contributed by atoms with E-state index in [9.17, 15) is 0 Å². The zero-order valence-electron chi connectivity index (χ0n) is 15.5. The van der Waals surface area contributed by atoms with Crippen molar-refractivity contribution in [1.29, 1.82) is 0 Å². The normalized spacial score (nSPS) is 10.8. The minimum Gasteiger partial charge on any atom is -0.361 e. The molecule has 0 aromatic heterocycles. The van der Waals surface area contributed by atoms with E-state index in [1.54, 1.807) is 0 Å². The van der Waals surface area contributed by atoms with Crippen LogP contribution in [0.15, 0.2) is 54.6 Å². The van der Waals surface area contributed by atoms with Crippen LogP contribution in [0.25, 0.3) is 0 Å². The molecule has 0 aliphatic carbocycles. The Morgan fingerprint density at radius 1 is 0.960 bits per heavy atom. The van der Waals surface area contributed by atoms with Gasteiger partial charge >= 0.3 is 0 Å². The molecule has 5 heteroatoms. The minimum absolute atomic E-state index is 0.370. The molecule has 0 heterocycles. The van der Waals surface area contributed by atoms with Crippen LogP contribution >= 0.6 is 12.2 Å². The highest BCUT2D eigenvalue weighted by molar-refractivity contribution is 7.80. The molecule has 2 aromatic carbocycles. The van der Waals surface area contributed by atoms with Gasteiger partial charge in [-0.25, -0.2) is 0 Å². The summed E-state index contributed by atoms with van der Waals surface area (Å²) in [5.74, 6) is 0. The molecule has 0 amide bonds. The number of likely N-dealkylation sites (N-methyl/N-ethyl adjacent to an activating group) is 1. The van der Waals surface area contributed by atoms with E-state index in [0.717, 1.165) is 18.8 Å². The summed E-state index contributed by atoms with van der Waals surface area (Å²) in [6.45, 7) is 6.17. The number of benzene rings is 2. The lowest BCUT2D eigenvalue weighted by atomic mass is 10.2. The Morgan fingerprint density at radius 2 is 1.56 bits per heavy atom. The van der Waals surface area contributed by atoms with Crippen LogP contribution in [0.3, 0.4) is 0 Å². The molecule has 0 spiro atoms. The third kappa shape index (κ3) is 6.03. The van der Waals surface area contributed by atoms with Gasteiger partial charge in [0.2, 0.25) is 0 Å². The van der Waals surface area contributed by atoms with E-state index in [2.05, 4.69) is 82.8 Å². The number of anilines is 3. The van der Waals surface area contributed by atoms with Gasteiger partial charge in [-0.15, -0.1) is 0 Å². The Kier molecular flexibility index (Phi) is 7.22. The first-order chi connectivity index (χ1) is 12.0. The number of hydrogen-bond acceptors (Lipinski definition) is 3. The van der Waals surface area contributed by atoms with Gasteiger partial charge in [-0.05, 0) is 76.6 Å². The fourth-order valence-corrected chi connectivity index (χ4v) is 2.83. The second kappa shape index (κ2) is 9.39. The summed E-state index contributed by atoms with van der Waals surface area (Å²) in [5.41, 5.74) is 3.35. The van der Waals surface area contributed by atoms with Crippen molar-refractivity contribution in [3.05, 3.63) is 54.6 Å². The van der Waals surface area contributed by atoms with Gasteiger partial charge in [0.15, 0.2) is 5.11 Å². The van der Waals surface area contributed by atoms with Gasteiger partial charge in [-0.3, -0.25) is 0 Å². The van der Waals surface area contributed by atoms with Crippen LogP contribution in [0, 0.1) is 0 Å². The van der Waals surface area contributed by atoms with Crippen LogP contribution in [0.4, 0.5) is 17.1 Å². The van der Waals surface area contributed by atoms with Gasteiger partial charge in [-0.2, -0.15) is 0 Å². The average Bonchev–Trinajstić information content (AvgIpc) is 2.57. The molecule has 4 nitrogen and oxygen atoms in total. The molecular formula is C20H28N4S. The Bertz CT molecular complexity index is 653. The Morgan fingerprint density at radius 3 is 2.12 bits per heavy atom. The van der Waals surface area contributed by atoms with Crippen molar-refractivity contribution in [2.24, 2.45) is 0 Å². The molecule has 0 aliphatic rings. The maximum atomic E-state index is 5.34. The quantitative estimate of drug-likeness (QED) is 0.730. The summed E-state index contributed by atoms with van der Waals surface area (Å²) >= 11 is 5.34. The lowest BCUT2D eigenvalue weighted by Crippen LogP contribution is -2.34. The van der Waals surface area contributed by atoms with Crippen molar-refractivity contribution < 1.29 is 0 Å². The van der Waals surface area contributed by atoms with Crippen LogP contribution in [0.1, 0.15) is 13.8 Å². The lowest BCUT2D eigenvalue weighted by molar-refractivity contribution is 0.413. The highest BCUT2D eigenvalue weighted by atomic mass is 32.1. The molecular weight excluding hydrogens is 328 g/mol. The van der Waals surface area contributed by atoms with Crippen LogP contribution in [-0.4, -0.2) is 43.2 Å². The number of nitrogens with zero attached hydrogens (tertiary/aromatic N) is 2. The van der Waals surface area contributed by atoms with Gasteiger partial charge < -0.3 is 20.4 Å². The number of hydrogen-bond donors (Lipinski definition) is 2. The Balaban J connectivity index is 2.02. The Labute approximate surface area is 156 Å². The first kappa shape index (κ1) is 19.2. The second-order valence-electron chi connectivity index (χ2n) is 6.53. The SMILES string of the molecule is CC(C)N(c1ccccc1)c1ccc(NC(=S)NCCN(C)C)cc1. The summed E-state index contributed by atoms with van der Waals surface area (Å²) in [7, 11) is 4.09. The van der Waals surface area contributed by atoms with Crippen molar-refractivity contribution >= 4 is 34.4 Å². The second-order valence-corrected chi connectivity index (χ2v) is 6.94. The molecule has 0 radical (unpaired) electrons. The minimum atomic E-state index is 0.370. The van der Waals surface area contributed by atoms with Crippen molar-refractivity contribution in [3.63, 3.8) is 0 Å². The third-order valence-electron chi connectivity index (χ3n) is 3.80. The summed E-state index contributed by atoms with van der Waals surface area (Å²) in [4.78, 5) is 4.44. The third-order valence-corrected chi connectivity index (χ3v) is 4.05. The molecule has 0 fully saturated rings. The highest BCUT2D eigenvalue weighted by Crippen LogP contribution is 2.28. The first-order valence-corrected chi connectivity index (χ1v) is 9.02.